The average molecular weight is 448 g/mol. The van der Waals surface area contributed by atoms with Crippen LogP contribution in [0.5, 0.6) is 11.5 Å². The van der Waals surface area contributed by atoms with Gasteiger partial charge >= 0.3 is 6.09 Å². The van der Waals surface area contributed by atoms with Crippen molar-refractivity contribution in [1.29, 1.82) is 0 Å². The third kappa shape index (κ3) is 6.58. The lowest BCUT2D eigenvalue weighted by Crippen LogP contribution is -2.47. The van der Waals surface area contributed by atoms with E-state index in [1.807, 2.05) is 26.2 Å². The average Bonchev–Trinajstić information content (AvgIpc) is 3.25. The number of amides is 2. The maximum Gasteiger partial charge on any atom is 0.410 e. The summed E-state index contributed by atoms with van der Waals surface area (Å²) in [5.74, 6) is 0.861. The normalized spacial score (nSPS) is 14.8. The smallest absolute Gasteiger partial charge is 0.410 e. The highest BCUT2D eigenvalue weighted by Gasteiger charge is 2.27. The molecule has 0 aliphatic carbocycles. The summed E-state index contributed by atoms with van der Waals surface area (Å²) in [5.41, 5.74) is 2.57. The molecule has 0 atom stereocenters. The van der Waals surface area contributed by atoms with Crippen molar-refractivity contribution in [2.45, 2.75) is 51.9 Å². The molecular formula is C22H29N3O5S. The zero-order valence-electron chi connectivity index (χ0n) is 18.3. The van der Waals surface area contributed by atoms with Crippen molar-refractivity contribution in [2.75, 3.05) is 20.2 Å². The summed E-state index contributed by atoms with van der Waals surface area (Å²) in [6, 6.07) is 5.11. The van der Waals surface area contributed by atoms with Crippen LogP contribution in [0.15, 0.2) is 29.1 Å². The quantitative estimate of drug-likeness (QED) is 0.723. The highest BCUT2D eigenvalue weighted by molar-refractivity contribution is 7.07. The van der Waals surface area contributed by atoms with Crippen LogP contribution >= 0.6 is 11.3 Å². The van der Waals surface area contributed by atoms with Gasteiger partial charge in [0, 0.05) is 30.1 Å². The van der Waals surface area contributed by atoms with Crippen LogP contribution in [0.1, 0.15) is 49.7 Å². The Balaban J connectivity index is 1.53. The molecule has 0 bridgehead atoms. The molecule has 1 aromatic heterocycles. The highest BCUT2D eigenvalue weighted by atomic mass is 32.1. The fourth-order valence-electron chi connectivity index (χ4n) is 3.19. The van der Waals surface area contributed by atoms with Crippen molar-refractivity contribution in [1.82, 2.24) is 15.2 Å². The van der Waals surface area contributed by atoms with Crippen LogP contribution in [0.25, 0.3) is 0 Å². The molecule has 0 unspecified atom stereocenters. The fraction of sp³-hybridized carbons (Fsp3) is 0.500. The van der Waals surface area contributed by atoms with E-state index in [0.29, 0.717) is 49.6 Å². The van der Waals surface area contributed by atoms with Crippen LogP contribution in [0, 0.1) is 0 Å². The first-order valence-corrected chi connectivity index (χ1v) is 11.2. The first-order valence-electron chi connectivity index (χ1n) is 10.2. The summed E-state index contributed by atoms with van der Waals surface area (Å²) < 4.78 is 16.6. The van der Waals surface area contributed by atoms with E-state index >= 15 is 0 Å². The number of hydrogen-bond acceptors (Lipinski definition) is 7. The molecule has 1 aliphatic rings. The number of ether oxygens (including phenoxy) is 3. The lowest BCUT2D eigenvalue weighted by Gasteiger charge is -2.33. The summed E-state index contributed by atoms with van der Waals surface area (Å²) in [6.07, 6.45) is 1.05. The van der Waals surface area contributed by atoms with Gasteiger partial charge in [0.05, 0.1) is 18.3 Å². The molecule has 31 heavy (non-hydrogen) atoms. The minimum Gasteiger partial charge on any atom is -0.493 e. The van der Waals surface area contributed by atoms with E-state index < -0.39 is 5.60 Å². The number of likely N-dealkylation sites (tertiary alicyclic amines) is 1. The molecule has 3 rings (SSSR count). The van der Waals surface area contributed by atoms with Gasteiger partial charge in [0.15, 0.2) is 11.5 Å². The van der Waals surface area contributed by atoms with Crippen LogP contribution in [-0.2, 0) is 11.3 Å². The number of carbonyl (C=O) groups excluding carboxylic acids is 2. The van der Waals surface area contributed by atoms with Crippen LogP contribution < -0.4 is 14.8 Å². The first-order chi connectivity index (χ1) is 14.7. The molecule has 0 radical (unpaired) electrons. The first kappa shape index (κ1) is 22.9. The Hall–Kier alpha value is -2.81. The Kier molecular flexibility index (Phi) is 7.37. The second-order valence-corrected chi connectivity index (χ2v) is 9.07. The Morgan fingerprint density at radius 1 is 1.23 bits per heavy atom. The number of carbonyl (C=O) groups is 2. The number of nitrogens with zero attached hydrogens (tertiary/aromatic N) is 2. The van der Waals surface area contributed by atoms with Gasteiger partial charge < -0.3 is 24.4 Å². The number of hydrogen-bond donors (Lipinski definition) is 1. The monoisotopic (exact) mass is 447 g/mol. The number of aromatic nitrogens is 1. The van der Waals surface area contributed by atoms with Gasteiger partial charge in [0.1, 0.15) is 12.2 Å². The van der Waals surface area contributed by atoms with Crippen LogP contribution in [-0.4, -0.2) is 53.7 Å². The van der Waals surface area contributed by atoms with E-state index in [1.54, 1.807) is 35.7 Å². The van der Waals surface area contributed by atoms with Gasteiger partial charge in [-0.2, -0.15) is 0 Å². The highest BCUT2D eigenvalue weighted by Crippen LogP contribution is 2.29. The number of methoxy groups -OCH3 is 1. The van der Waals surface area contributed by atoms with Crippen molar-refractivity contribution in [3.8, 4) is 11.5 Å². The van der Waals surface area contributed by atoms with Gasteiger partial charge in [-0.05, 0) is 51.8 Å². The summed E-state index contributed by atoms with van der Waals surface area (Å²) >= 11 is 1.51. The predicted molar refractivity (Wildman–Crippen MR) is 118 cm³/mol. The lowest BCUT2D eigenvalue weighted by molar-refractivity contribution is 0.0199. The maximum atomic E-state index is 12.7. The fourth-order valence-corrected chi connectivity index (χ4v) is 3.73. The predicted octanol–water partition coefficient (Wildman–Crippen LogP) is 3.86. The molecule has 8 nitrogen and oxygen atoms in total. The number of thiazole rings is 1. The molecule has 1 aliphatic heterocycles. The molecule has 168 valence electrons. The topological polar surface area (TPSA) is 90.0 Å². The number of rotatable bonds is 6. The van der Waals surface area contributed by atoms with Crippen LogP contribution in [0.3, 0.4) is 0 Å². The number of piperidine rings is 1. The van der Waals surface area contributed by atoms with Crippen LogP contribution in [0.4, 0.5) is 4.79 Å². The zero-order chi connectivity index (χ0) is 22.4. The molecule has 0 spiro atoms. The van der Waals surface area contributed by atoms with Gasteiger partial charge in [-0.25, -0.2) is 9.78 Å². The Bertz CT molecular complexity index is 887. The Labute approximate surface area is 186 Å². The van der Waals surface area contributed by atoms with E-state index in [1.165, 1.54) is 11.3 Å². The van der Waals surface area contributed by atoms with Gasteiger partial charge in [0.2, 0.25) is 0 Å². The minimum atomic E-state index is -0.517. The molecular weight excluding hydrogens is 418 g/mol. The van der Waals surface area contributed by atoms with E-state index in [-0.39, 0.29) is 18.0 Å². The van der Waals surface area contributed by atoms with Gasteiger partial charge in [-0.3, -0.25) is 4.79 Å². The second kappa shape index (κ2) is 10.00. The second-order valence-electron chi connectivity index (χ2n) is 8.35. The van der Waals surface area contributed by atoms with E-state index in [9.17, 15) is 9.59 Å². The van der Waals surface area contributed by atoms with Crippen LogP contribution in [0.2, 0.25) is 0 Å². The number of nitrogens with one attached hydrogen (secondary N) is 1. The van der Waals surface area contributed by atoms with E-state index in [4.69, 9.17) is 14.2 Å². The molecule has 1 N–H and O–H groups in total. The van der Waals surface area contributed by atoms with Crippen molar-refractivity contribution in [3.63, 3.8) is 0 Å². The standard InChI is InChI=1S/C22H29N3O5S/c1-22(2,3)30-21(27)25-9-7-16(8-10-25)24-20(26)15-5-6-18(19(11-15)28-4)29-12-17-13-31-14-23-17/h5-6,11,13-14,16H,7-10,12H2,1-4H3,(H,24,26). The molecule has 1 aromatic carbocycles. The third-order valence-corrected chi connectivity index (χ3v) is 5.40. The van der Waals surface area contributed by atoms with Gasteiger partial charge in [-0.15, -0.1) is 11.3 Å². The van der Waals surface area contributed by atoms with Crippen molar-refractivity contribution in [3.05, 3.63) is 40.3 Å². The number of benzene rings is 1. The summed E-state index contributed by atoms with van der Waals surface area (Å²) in [4.78, 5) is 30.8. The van der Waals surface area contributed by atoms with Gasteiger partial charge in [0.25, 0.3) is 5.91 Å². The molecule has 1 fully saturated rings. The molecule has 9 heteroatoms. The van der Waals surface area contributed by atoms with Crippen molar-refractivity contribution < 1.29 is 23.8 Å². The third-order valence-electron chi connectivity index (χ3n) is 4.77. The minimum absolute atomic E-state index is 0.00206. The maximum absolute atomic E-state index is 12.7. The molecule has 0 saturated carbocycles. The lowest BCUT2D eigenvalue weighted by atomic mass is 10.0. The SMILES string of the molecule is COc1cc(C(=O)NC2CCN(C(=O)OC(C)(C)C)CC2)ccc1OCc1cscn1. The summed E-state index contributed by atoms with van der Waals surface area (Å²) in [7, 11) is 1.54. The van der Waals surface area contributed by atoms with Crippen molar-refractivity contribution >= 4 is 23.3 Å². The summed E-state index contributed by atoms with van der Waals surface area (Å²) in [5, 5.41) is 4.96. The Morgan fingerprint density at radius 3 is 2.58 bits per heavy atom. The zero-order valence-corrected chi connectivity index (χ0v) is 19.2. The van der Waals surface area contributed by atoms with E-state index in [2.05, 4.69) is 10.3 Å². The van der Waals surface area contributed by atoms with E-state index in [0.717, 1.165) is 5.69 Å². The Morgan fingerprint density at radius 2 is 1.97 bits per heavy atom. The summed E-state index contributed by atoms with van der Waals surface area (Å²) in [6.45, 7) is 6.98. The largest absolute Gasteiger partial charge is 0.493 e. The molecule has 2 amide bonds. The molecule has 2 aromatic rings. The van der Waals surface area contributed by atoms with Crippen molar-refractivity contribution in [2.24, 2.45) is 0 Å². The molecule has 2 heterocycles. The molecule has 1 saturated heterocycles. The van der Waals surface area contributed by atoms with Gasteiger partial charge in [-0.1, -0.05) is 0 Å².